The van der Waals surface area contributed by atoms with Crippen LogP contribution in [0.5, 0.6) is 5.88 Å². The molecule has 0 aliphatic carbocycles. The highest BCUT2D eigenvalue weighted by Gasteiger charge is 2.22. The molecule has 112 valence electrons. The second-order valence-electron chi connectivity index (χ2n) is 5.40. The molecule has 5 nitrogen and oxygen atoms in total. The average molecular weight is 320 g/mol. The Balaban J connectivity index is 2.56. The third kappa shape index (κ3) is 5.94. The molecule has 1 amide bonds. The van der Waals surface area contributed by atoms with Crippen molar-refractivity contribution < 1.29 is 9.53 Å². The minimum Gasteiger partial charge on any atom is -0.474 e. The van der Waals surface area contributed by atoms with Crippen LogP contribution in [0.15, 0.2) is 12.3 Å². The van der Waals surface area contributed by atoms with Crippen molar-refractivity contribution in [2.75, 3.05) is 27.2 Å². The van der Waals surface area contributed by atoms with Gasteiger partial charge in [-0.1, -0.05) is 23.2 Å². The van der Waals surface area contributed by atoms with E-state index in [4.69, 9.17) is 27.9 Å². The number of rotatable bonds is 6. The number of carbonyl (C=O) groups excluding carboxylic acids is 1. The predicted octanol–water partition coefficient (Wildman–Crippen LogP) is 2.22. The topological polar surface area (TPSA) is 54.5 Å². The Bertz CT molecular complexity index is 479. The van der Waals surface area contributed by atoms with Crippen molar-refractivity contribution in [2.24, 2.45) is 0 Å². The molecular formula is C13H19Cl2N3O2. The van der Waals surface area contributed by atoms with Crippen LogP contribution in [0.4, 0.5) is 0 Å². The van der Waals surface area contributed by atoms with Gasteiger partial charge in [0.25, 0.3) is 0 Å². The van der Waals surface area contributed by atoms with E-state index in [0.717, 1.165) is 0 Å². The highest BCUT2D eigenvalue weighted by Crippen LogP contribution is 2.25. The summed E-state index contributed by atoms with van der Waals surface area (Å²) in [5, 5.41) is 3.67. The van der Waals surface area contributed by atoms with Crippen molar-refractivity contribution >= 4 is 29.1 Å². The summed E-state index contributed by atoms with van der Waals surface area (Å²) in [6.45, 7) is 4.30. The molecule has 0 unspecified atom stereocenters. The minimum absolute atomic E-state index is 0.0706. The fourth-order valence-electron chi connectivity index (χ4n) is 1.50. The summed E-state index contributed by atoms with van der Waals surface area (Å²) in [6.07, 6.45) is 1.46. The van der Waals surface area contributed by atoms with Gasteiger partial charge in [-0.25, -0.2) is 4.98 Å². The molecule has 1 aromatic rings. The van der Waals surface area contributed by atoms with Crippen molar-refractivity contribution in [3.05, 3.63) is 22.3 Å². The number of amides is 1. The molecule has 1 heterocycles. The SMILES string of the molecule is CN(C)CC(=O)NC(C)(C)COc1ncc(Cl)cc1Cl. The fraction of sp³-hybridized carbons (Fsp3) is 0.538. The van der Waals surface area contributed by atoms with Crippen LogP contribution in [0.3, 0.4) is 0 Å². The molecule has 1 rings (SSSR count). The average Bonchev–Trinajstić information content (AvgIpc) is 2.25. The molecular weight excluding hydrogens is 301 g/mol. The summed E-state index contributed by atoms with van der Waals surface area (Å²) < 4.78 is 5.53. The van der Waals surface area contributed by atoms with Crippen molar-refractivity contribution in [1.82, 2.24) is 15.2 Å². The highest BCUT2D eigenvalue weighted by atomic mass is 35.5. The zero-order valence-corrected chi connectivity index (χ0v) is 13.5. The van der Waals surface area contributed by atoms with E-state index in [0.29, 0.717) is 22.5 Å². The molecule has 0 bridgehead atoms. The molecule has 0 aromatic carbocycles. The van der Waals surface area contributed by atoms with Crippen LogP contribution in [0.1, 0.15) is 13.8 Å². The van der Waals surface area contributed by atoms with Crippen molar-refractivity contribution in [3.63, 3.8) is 0 Å². The first-order valence-electron chi connectivity index (χ1n) is 6.09. The number of likely N-dealkylation sites (N-methyl/N-ethyl adjacent to an activating group) is 1. The number of halogens is 2. The van der Waals surface area contributed by atoms with Crippen LogP contribution in [-0.4, -0.2) is 48.6 Å². The van der Waals surface area contributed by atoms with E-state index < -0.39 is 5.54 Å². The van der Waals surface area contributed by atoms with Gasteiger partial charge < -0.3 is 15.0 Å². The van der Waals surface area contributed by atoms with E-state index >= 15 is 0 Å². The highest BCUT2D eigenvalue weighted by molar-refractivity contribution is 6.35. The summed E-state index contributed by atoms with van der Waals surface area (Å²) in [6, 6.07) is 1.56. The lowest BCUT2D eigenvalue weighted by molar-refractivity contribution is -0.123. The third-order valence-electron chi connectivity index (χ3n) is 2.28. The zero-order chi connectivity index (χ0) is 15.3. The number of ether oxygens (including phenoxy) is 1. The van der Waals surface area contributed by atoms with Crippen LogP contribution >= 0.6 is 23.2 Å². The number of nitrogens with zero attached hydrogens (tertiary/aromatic N) is 2. The molecule has 0 atom stereocenters. The monoisotopic (exact) mass is 319 g/mol. The number of hydrogen-bond acceptors (Lipinski definition) is 4. The minimum atomic E-state index is -0.530. The lowest BCUT2D eigenvalue weighted by Crippen LogP contribution is -2.50. The summed E-state index contributed by atoms with van der Waals surface area (Å²) in [5.41, 5.74) is -0.530. The number of nitrogens with one attached hydrogen (secondary N) is 1. The maximum Gasteiger partial charge on any atom is 0.234 e. The van der Waals surface area contributed by atoms with Crippen molar-refractivity contribution in [1.29, 1.82) is 0 Å². The summed E-state index contributed by atoms with van der Waals surface area (Å²) in [5.74, 6) is 0.227. The van der Waals surface area contributed by atoms with Gasteiger partial charge in [0.05, 0.1) is 17.1 Å². The number of pyridine rings is 1. The van der Waals surface area contributed by atoms with Gasteiger partial charge in [-0.2, -0.15) is 0 Å². The maximum absolute atomic E-state index is 11.7. The molecule has 0 radical (unpaired) electrons. The lowest BCUT2D eigenvalue weighted by Gasteiger charge is -2.27. The third-order valence-corrected chi connectivity index (χ3v) is 2.76. The predicted molar refractivity (Wildman–Crippen MR) is 80.5 cm³/mol. The van der Waals surface area contributed by atoms with Crippen LogP contribution < -0.4 is 10.1 Å². The Kier molecular flexibility index (Phi) is 6.05. The molecule has 1 aromatic heterocycles. The van der Waals surface area contributed by atoms with E-state index in [-0.39, 0.29) is 12.5 Å². The number of carbonyl (C=O) groups is 1. The molecule has 0 aliphatic heterocycles. The molecule has 1 N–H and O–H groups in total. The molecule has 0 spiro atoms. The van der Waals surface area contributed by atoms with E-state index in [1.54, 1.807) is 11.0 Å². The Hall–Kier alpha value is -1.04. The van der Waals surface area contributed by atoms with E-state index in [1.807, 2.05) is 27.9 Å². The number of hydrogen-bond donors (Lipinski definition) is 1. The standard InChI is InChI=1S/C13H19Cl2N3O2/c1-13(2,17-11(19)7-18(3)4)8-20-12-10(15)5-9(14)6-16-12/h5-6H,7-8H2,1-4H3,(H,17,19). The van der Waals surface area contributed by atoms with Gasteiger partial charge in [-0.3, -0.25) is 4.79 Å². The first-order chi connectivity index (χ1) is 9.19. The van der Waals surface area contributed by atoms with Gasteiger partial charge in [0.1, 0.15) is 11.6 Å². The van der Waals surface area contributed by atoms with E-state index in [1.165, 1.54) is 6.20 Å². The Morgan fingerprint density at radius 1 is 1.45 bits per heavy atom. The van der Waals surface area contributed by atoms with Crippen molar-refractivity contribution in [2.45, 2.75) is 19.4 Å². The van der Waals surface area contributed by atoms with Crippen LogP contribution in [0.25, 0.3) is 0 Å². The quantitative estimate of drug-likeness (QED) is 0.873. The van der Waals surface area contributed by atoms with Gasteiger partial charge in [-0.05, 0) is 34.0 Å². The zero-order valence-electron chi connectivity index (χ0n) is 12.0. The van der Waals surface area contributed by atoms with Crippen LogP contribution in [0.2, 0.25) is 10.0 Å². The largest absolute Gasteiger partial charge is 0.474 e. The fourth-order valence-corrected chi connectivity index (χ4v) is 1.93. The second-order valence-corrected chi connectivity index (χ2v) is 6.24. The molecule has 0 fully saturated rings. The van der Waals surface area contributed by atoms with Crippen LogP contribution in [0, 0.1) is 0 Å². The van der Waals surface area contributed by atoms with Gasteiger partial charge in [0.15, 0.2) is 0 Å². The molecule has 0 aliphatic rings. The van der Waals surface area contributed by atoms with E-state index in [9.17, 15) is 4.79 Å². The van der Waals surface area contributed by atoms with Crippen LogP contribution in [-0.2, 0) is 4.79 Å². The lowest BCUT2D eigenvalue weighted by atomic mass is 10.1. The first kappa shape index (κ1) is 17.0. The first-order valence-corrected chi connectivity index (χ1v) is 6.85. The summed E-state index contributed by atoms with van der Waals surface area (Å²) in [7, 11) is 3.67. The Labute approximate surface area is 129 Å². The van der Waals surface area contributed by atoms with Crippen molar-refractivity contribution in [3.8, 4) is 5.88 Å². The number of aromatic nitrogens is 1. The van der Waals surface area contributed by atoms with E-state index in [2.05, 4.69) is 10.3 Å². The van der Waals surface area contributed by atoms with Gasteiger partial charge in [0, 0.05) is 6.20 Å². The van der Waals surface area contributed by atoms with Gasteiger partial charge >= 0.3 is 0 Å². The second kappa shape index (κ2) is 7.11. The Morgan fingerprint density at radius 3 is 2.65 bits per heavy atom. The summed E-state index contributed by atoms with van der Waals surface area (Å²) in [4.78, 5) is 17.5. The molecule has 0 saturated carbocycles. The molecule has 7 heteroatoms. The maximum atomic E-state index is 11.7. The van der Waals surface area contributed by atoms with Gasteiger partial charge in [-0.15, -0.1) is 0 Å². The smallest absolute Gasteiger partial charge is 0.234 e. The molecule has 0 saturated heterocycles. The van der Waals surface area contributed by atoms with Gasteiger partial charge in [0.2, 0.25) is 11.8 Å². The summed E-state index contributed by atoms with van der Waals surface area (Å²) >= 11 is 11.7. The molecule has 20 heavy (non-hydrogen) atoms. The normalized spacial score (nSPS) is 11.6. The Morgan fingerprint density at radius 2 is 2.10 bits per heavy atom.